The van der Waals surface area contributed by atoms with Crippen LogP contribution in [0.2, 0.25) is 0 Å². The van der Waals surface area contributed by atoms with Crippen LogP contribution in [0.25, 0.3) is 10.9 Å². The minimum Gasteiger partial charge on any atom is -0.460 e. The Morgan fingerprint density at radius 3 is 2.47 bits per heavy atom. The lowest BCUT2D eigenvalue weighted by Gasteiger charge is -2.19. The maximum Gasteiger partial charge on any atom is 0.308 e. The first kappa shape index (κ1) is 27.7. The monoisotopic (exact) mass is 534 g/mol. The molecule has 1 fully saturated rings. The van der Waals surface area contributed by atoms with Crippen LogP contribution in [0, 0.1) is 0 Å². The molecule has 1 amide bonds. The van der Waals surface area contributed by atoms with Gasteiger partial charge in [-0.25, -0.2) is 4.98 Å². The second kappa shape index (κ2) is 12.8. The number of rotatable bonds is 6. The van der Waals surface area contributed by atoms with E-state index in [0.717, 1.165) is 34.3 Å². The molecule has 0 unspecified atom stereocenters. The van der Waals surface area contributed by atoms with Crippen molar-refractivity contribution in [3.8, 4) is 0 Å². The van der Waals surface area contributed by atoms with Gasteiger partial charge in [-0.15, -0.1) is 0 Å². The number of aliphatic imine (C=N–C) groups is 1. The normalized spacial score (nSPS) is 13.7. The number of carbonyl (C=O) groups is 2. The number of methoxy groups -OCH3 is 1. The third-order valence-electron chi connectivity index (χ3n) is 4.76. The molecule has 34 heavy (non-hydrogen) atoms. The molecule has 0 spiro atoms. The molecule has 1 aliphatic rings. The molecule has 0 radical (unpaired) electrons. The first-order valence-electron chi connectivity index (χ1n) is 11.3. The SMILES string of the molecule is CN(C)C=NC(=O)c1cc(N2CCCC2)nc2cc(Br)ccc12.COCCC(=O)OC(C)(C)C. The second-order valence-electron chi connectivity index (χ2n) is 9.23. The van der Waals surface area contributed by atoms with Gasteiger partial charge in [-0.05, 0) is 51.8 Å². The maximum absolute atomic E-state index is 12.5. The number of carbonyl (C=O) groups excluding carboxylic acids is 2. The van der Waals surface area contributed by atoms with Crippen LogP contribution in [0.5, 0.6) is 0 Å². The number of aromatic nitrogens is 1. The van der Waals surface area contributed by atoms with Gasteiger partial charge in [0, 0.05) is 44.2 Å². The summed E-state index contributed by atoms with van der Waals surface area (Å²) in [6.45, 7) is 7.93. The van der Waals surface area contributed by atoms with Crippen LogP contribution in [0.1, 0.15) is 50.4 Å². The van der Waals surface area contributed by atoms with E-state index in [1.807, 2.05) is 59.1 Å². The molecule has 186 valence electrons. The van der Waals surface area contributed by atoms with Gasteiger partial charge in [-0.1, -0.05) is 22.0 Å². The van der Waals surface area contributed by atoms with E-state index in [0.29, 0.717) is 18.6 Å². The quantitative estimate of drug-likeness (QED) is 0.301. The molecule has 0 bridgehead atoms. The van der Waals surface area contributed by atoms with Gasteiger partial charge in [-0.2, -0.15) is 4.99 Å². The highest BCUT2D eigenvalue weighted by Crippen LogP contribution is 2.28. The molecule has 3 rings (SSSR count). The maximum atomic E-state index is 12.5. The molecule has 0 saturated carbocycles. The number of pyridine rings is 1. The summed E-state index contributed by atoms with van der Waals surface area (Å²) >= 11 is 3.48. The summed E-state index contributed by atoms with van der Waals surface area (Å²) in [5.74, 6) is 0.407. The lowest BCUT2D eigenvalue weighted by molar-refractivity contribution is -0.155. The first-order valence-corrected chi connectivity index (χ1v) is 12.1. The Kier molecular flexibility index (Phi) is 10.4. The summed E-state index contributed by atoms with van der Waals surface area (Å²) in [5.41, 5.74) is 1.03. The Morgan fingerprint density at radius 1 is 1.21 bits per heavy atom. The number of hydrogen-bond donors (Lipinski definition) is 0. The van der Waals surface area contributed by atoms with Crippen molar-refractivity contribution in [2.24, 2.45) is 4.99 Å². The van der Waals surface area contributed by atoms with E-state index >= 15 is 0 Å². The molecule has 8 nitrogen and oxygen atoms in total. The number of halogens is 1. The standard InChI is InChI=1S/C17H19BrN4O.C8H16O3/c1-21(2)11-19-17(23)14-10-16(22-7-3-4-8-22)20-15-9-12(18)5-6-13(14)15;1-8(2,3)11-7(9)5-6-10-4/h5-6,9-11H,3-4,7-8H2,1-2H3;5-6H2,1-4H3. The fourth-order valence-corrected chi connectivity index (χ4v) is 3.64. The van der Waals surface area contributed by atoms with E-state index in [9.17, 15) is 9.59 Å². The van der Waals surface area contributed by atoms with Gasteiger partial charge < -0.3 is 19.3 Å². The fraction of sp³-hybridized carbons (Fsp3) is 0.520. The zero-order valence-electron chi connectivity index (χ0n) is 20.9. The van der Waals surface area contributed by atoms with Crippen molar-refractivity contribution in [2.75, 3.05) is 45.8 Å². The van der Waals surface area contributed by atoms with Crippen LogP contribution in [0.15, 0.2) is 33.7 Å². The lowest BCUT2D eigenvalue weighted by atomic mass is 10.1. The summed E-state index contributed by atoms with van der Waals surface area (Å²) in [4.78, 5) is 36.2. The van der Waals surface area contributed by atoms with Crippen LogP contribution >= 0.6 is 15.9 Å². The zero-order chi connectivity index (χ0) is 25.3. The van der Waals surface area contributed by atoms with Gasteiger partial charge in [0.1, 0.15) is 11.4 Å². The molecule has 1 aromatic carbocycles. The van der Waals surface area contributed by atoms with E-state index in [1.165, 1.54) is 19.2 Å². The van der Waals surface area contributed by atoms with Crippen LogP contribution in [-0.2, 0) is 14.3 Å². The van der Waals surface area contributed by atoms with E-state index < -0.39 is 0 Å². The number of nitrogens with zero attached hydrogens (tertiary/aromatic N) is 4. The molecule has 0 N–H and O–H groups in total. The first-order chi connectivity index (χ1) is 16.0. The molecule has 0 atom stereocenters. The predicted octanol–water partition coefficient (Wildman–Crippen LogP) is 4.69. The molecule has 1 aromatic heterocycles. The number of amides is 1. The minimum atomic E-state index is -0.384. The molecule has 1 saturated heterocycles. The average Bonchev–Trinajstić information content (AvgIpc) is 3.29. The van der Waals surface area contributed by atoms with Gasteiger partial charge >= 0.3 is 5.97 Å². The van der Waals surface area contributed by atoms with Crippen LogP contribution < -0.4 is 4.90 Å². The van der Waals surface area contributed by atoms with Crippen molar-refractivity contribution < 1.29 is 19.1 Å². The Hall–Kier alpha value is -2.52. The van der Waals surface area contributed by atoms with Gasteiger partial charge in [-0.3, -0.25) is 9.59 Å². The largest absolute Gasteiger partial charge is 0.460 e. The number of hydrogen-bond acceptors (Lipinski definition) is 6. The number of ether oxygens (including phenoxy) is 2. The molecular weight excluding hydrogens is 500 g/mol. The van der Waals surface area contributed by atoms with Crippen molar-refractivity contribution in [1.82, 2.24) is 9.88 Å². The average molecular weight is 535 g/mol. The predicted molar refractivity (Wildman–Crippen MR) is 140 cm³/mol. The smallest absolute Gasteiger partial charge is 0.308 e. The molecule has 2 heterocycles. The van der Waals surface area contributed by atoms with E-state index in [1.54, 1.807) is 12.0 Å². The van der Waals surface area contributed by atoms with Gasteiger partial charge in [0.15, 0.2) is 0 Å². The lowest BCUT2D eigenvalue weighted by Crippen LogP contribution is -2.24. The van der Waals surface area contributed by atoms with Crippen LogP contribution in [0.3, 0.4) is 0 Å². The highest BCUT2D eigenvalue weighted by Gasteiger charge is 2.19. The fourth-order valence-electron chi connectivity index (χ4n) is 3.29. The Morgan fingerprint density at radius 2 is 1.88 bits per heavy atom. The van der Waals surface area contributed by atoms with Crippen molar-refractivity contribution in [3.63, 3.8) is 0 Å². The summed E-state index contributed by atoms with van der Waals surface area (Å²) in [6.07, 6.45) is 4.19. The van der Waals surface area contributed by atoms with Crippen molar-refractivity contribution in [2.45, 2.75) is 45.6 Å². The Labute approximate surface area is 210 Å². The van der Waals surface area contributed by atoms with Crippen LogP contribution in [-0.4, -0.2) is 74.6 Å². The summed E-state index contributed by atoms with van der Waals surface area (Å²) in [6, 6.07) is 7.66. The molecular formula is C25H35BrN4O4. The highest BCUT2D eigenvalue weighted by atomic mass is 79.9. The van der Waals surface area contributed by atoms with E-state index in [-0.39, 0.29) is 17.5 Å². The van der Waals surface area contributed by atoms with Crippen molar-refractivity contribution >= 4 is 50.9 Å². The topological polar surface area (TPSA) is 84.3 Å². The highest BCUT2D eigenvalue weighted by molar-refractivity contribution is 9.10. The summed E-state index contributed by atoms with van der Waals surface area (Å²) in [5, 5.41) is 0.831. The molecule has 2 aromatic rings. The summed E-state index contributed by atoms with van der Waals surface area (Å²) in [7, 11) is 5.24. The molecule has 9 heteroatoms. The van der Waals surface area contributed by atoms with Crippen molar-refractivity contribution in [3.05, 3.63) is 34.3 Å². The van der Waals surface area contributed by atoms with Gasteiger partial charge in [0.2, 0.25) is 0 Å². The number of fused-ring (bicyclic) bond motifs is 1. The molecule has 1 aliphatic heterocycles. The van der Waals surface area contributed by atoms with Gasteiger partial charge in [0.05, 0.1) is 30.4 Å². The third kappa shape index (κ3) is 9.02. The van der Waals surface area contributed by atoms with Gasteiger partial charge in [0.25, 0.3) is 5.91 Å². The number of anilines is 1. The van der Waals surface area contributed by atoms with E-state index in [4.69, 9.17) is 14.5 Å². The number of benzene rings is 1. The molecule has 0 aliphatic carbocycles. The Bertz CT molecular complexity index is 1010. The van der Waals surface area contributed by atoms with Crippen LogP contribution in [0.4, 0.5) is 5.82 Å². The minimum absolute atomic E-state index is 0.209. The Balaban J connectivity index is 0.000000316. The van der Waals surface area contributed by atoms with E-state index in [2.05, 4.69) is 25.8 Å². The zero-order valence-corrected chi connectivity index (χ0v) is 22.5. The summed E-state index contributed by atoms with van der Waals surface area (Å²) < 4.78 is 10.7. The van der Waals surface area contributed by atoms with Crippen molar-refractivity contribution in [1.29, 1.82) is 0 Å². The second-order valence-corrected chi connectivity index (χ2v) is 10.1. The number of esters is 1. The third-order valence-corrected chi connectivity index (χ3v) is 5.25.